The molecule has 1 saturated heterocycles. The molecule has 18 heavy (non-hydrogen) atoms. The maximum atomic E-state index is 5.72. The zero-order chi connectivity index (χ0) is 13.0. The molecule has 1 atom stereocenters. The Morgan fingerprint density at radius 1 is 1.39 bits per heavy atom. The van der Waals surface area contributed by atoms with E-state index in [2.05, 4.69) is 23.8 Å². The number of anilines is 1. The summed E-state index contributed by atoms with van der Waals surface area (Å²) in [6.45, 7) is 7.36. The van der Waals surface area contributed by atoms with Gasteiger partial charge in [0.15, 0.2) is 0 Å². The topological polar surface area (TPSA) is 41.7 Å². The molecule has 1 heterocycles. The van der Waals surface area contributed by atoms with Gasteiger partial charge < -0.3 is 15.4 Å². The van der Waals surface area contributed by atoms with Crippen LogP contribution in [0.2, 0.25) is 0 Å². The fourth-order valence-corrected chi connectivity index (χ4v) is 2.22. The summed E-state index contributed by atoms with van der Waals surface area (Å²) in [5, 5.41) is 0. The van der Waals surface area contributed by atoms with Gasteiger partial charge in [-0.25, -0.2) is 0 Å². The van der Waals surface area contributed by atoms with Crippen LogP contribution in [-0.4, -0.2) is 55.7 Å². The van der Waals surface area contributed by atoms with E-state index in [0.29, 0.717) is 6.04 Å². The van der Waals surface area contributed by atoms with Gasteiger partial charge in [0.25, 0.3) is 0 Å². The van der Waals surface area contributed by atoms with Crippen molar-refractivity contribution in [2.24, 2.45) is 0 Å². The summed E-state index contributed by atoms with van der Waals surface area (Å²) in [7, 11) is 2.19. The van der Waals surface area contributed by atoms with Crippen LogP contribution >= 0.6 is 0 Å². The number of hydrogen-bond donors (Lipinski definition) is 1. The maximum Gasteiger partial charge on any atom is 0.121 e. The Kier molecular flexibility index (Phi) is 4.44. The third-order valence-electron chi connectivity index (χ3n) is 3.58. The Balaban J connectivity index is 1.72. The van der Waals surface area contributed by atoms with E-state index in [0.717, 1.165) is 44.2 Å². The number of nitrogens with two attached hydrogens (primary N) is 1. The molecule has 1 aromatic rings. The first-order chi connectivity index (χ1) is 8.65. The number of ether oxygens (including phenoxy) is 1. The van der Waals surface area contributed by atoms with Gasteiger partial charge in [0.2, 0.25) is 0 Å². The second-order valence-electron chi connectivity index (χ2n) is 5.05. The normalized spacial score (nSPS) is 22.0. The molecule has 0 aromatic heterocycles. The molecule has 0 saturated carbocycles. The van der Waals surface area contributed by atoms with E-state index in [9.17, 15) is 0 Å². The van der Waals surface area contributed by atoms with Gasteiger partial charge in [0.1, 0.15) is 12.4 Å². The van der Waals surface area contributed by atoms with Gasteiger partial charge >= 0.3 is 0 Å². The minimum Gasteiger partial charge on any atom is -0.492 e. The van der Waals surface area contributed by atoms with Gasteiger partial charge in [-0.2, -0.15) is 0 Å². The summed E-state index contributed by atoms with van der Waals surface area (Å²) in [5.41, 5.74) is 6.46. The van der Waals surface area contributed by atoms with E-state index in [-0.39, 0.29) is 0 Å². The summed E-state index contributed by atoms with van der Waals surface area (Å²) < 4.78 is 5.72. The second kappa shape index (κ2) is 6.07. The van der Waals surface area contributed by atoms with E-state index in [1.165, 1.54) is 0 Å². The van der Waals surface area contributed by atoms with Gasteiger partial charge in [-0.1, -0.05) is 6.07 Å². The molecule has 1 aromatic carbocycles. The molecule has 2 rings (SSSR count). The Morgan fingerprint density at radius 3 is 2.94 bits per heavy atom. The number of piperazine rings is 1. The minimum absolute atomic E-state index is 0.631. The number of hydrogen-bond acceptors (Lipinski definition) is 4. The summed E-state index contributed by atoms with van der Waals surface area (Å²) in [4.78, 5) is 4.85. The van der Waals surface area contributed by atoms with E-state index in [4.69, 9.17) is 10.5 Å². The van der Waals surface area contributed by atoms with Gasteiger partial charge in [-0.15, -0.1) is 0 Å². The quantitative estimate of drug-likeness (QED) is 0.816. The van der Waals surface area contributed by atoms with E-state index in [1.54, 1.807) is 0 Å². The lowest BCUT2D eigenvalue weighted by atomic mass is 10.2. The predicted octanol–water partition coefficient (Wildman–Crippen LogP) is 1.28. The third-order valence-corrected chi connectivity index (χ3v) is 3.58. The van der Waals surface area contributed by atoms with Crippen LogP contribution in [-0.2, 0) is 0 Å². The lowest BCUT2D eigenvalue weighted by Gasteiger charge is -2.37. The molecule has 1 unspecified atom stereocenters. The van der Waals surface area contributed by atoms with Crippen molar-refractivity contribution in [2.45, 2.75) is 13.0 Å². The molecular weight excluding hydrogens is 226 g/mol. The van der Waals surface area contributed by atoms with Crippen LogP contribution < -0.4 is 10.5 Å². The number of rotatable bonds is 4. The van der Waals surface area contributed by atoms with Crippen molar-refractivity contribution in [3.63, 3.8) is 0 Å². The molecular formula is C14H23N3O. The SMILES string of the molecule is CC1CN(CCOc2cccc(N)c2)CCN1C. The first kappa shape index (κ1) is 13.2. The van der Waals surface area contributed by atoms with Crippen LogP contribution in [0.4, 0.5) is 5.69 Å². The number of nitrogens with zero attached hydrogens (tertiary/aromatic N) is 2. The standard InChI is InChI=1S/C14H23N3O/c1-12-11-17(7-6-16(12)2)8-9-18-14-5-3-4-13(15)10-14/h3-5,10,12H,6-9,11,15H2,1-2H3. The van der Waals surface area contributed by atoms with E-state index < -0.39 is 0 Å². The van der Waals surface area contributed by atoms with Gasteiger partial charge in [-0.05, 0) is 26.1 Å². The molecule has 0 bridgehead atoms. The summed E-state index contributed by atoms with van der Waals surface area (Å²) in [5.74, 6) is 0.858. The fraction of sp³-hybridized carbons (Fsp3) is 0.571. The van der Waals surface area contributed by atoms with Gasteiger partial charge in [-0.3, -0.25) is 4.90 Å². The first-order valence-corrected chi connectivity index (χ1v) is 6.56. The lowest BCUT2D eigenvalue weighted by molar-refractivity contribution is 0.0928. The van der Waals surface area contributed by atoms with Crippen molar-refractivity contribution in [3.8, 4) is 5.75 Å². The minimum atomic E-state index is 0.631. The molecule has 100 valence electrons. The smallest absolute Gasteiger partial charge is 0.121 e. The molecule has 4 nitrogen and oxygen atoms in total. The van der Waals surface area contributed by atoms with Crippen LogP contribution in [0.3, 0.4) is 0 Å². The highest BCUT2D eigenvalue weighted by Crippen LogP contribution is 2.14. The monoisotopic (exact) mass is 249 g/mol. The molecule has 0 spiro atoms. The Bertz CT molecular complexity index is 383. The summed E-state index contributed by atoms with van der Waals surface area (Å²) in [6.07, 6.45) is 0. The predicted molar refractivity (Wildman–Crippen MR) is 74.9 cm³/mol. The lowest BCUT2D eigenvalue weighted by Crippen LogP contribution is -2.50. The largest absolute Gasteiger partial charge is 0.492 e. The van der Waals surface area contributed by atoms with Crippen molar-refractivity contribution in [3.05, 3.63) is 24.3 Å². The van der Waals surface area contributed by atoms with Crippen LogP contribution in [0.25, 0.3) is 0 Å². The highest BCUT2D eigenvalue weighted by atomic mass is 16.5. The van der Waals surface area contributed by atoms with Crippen LogP contribution in [0.5, 0.6) is 5.75 Å². The van der Waals surface area contributed by atoms with Crippen LogP contribution in [0.1, 0.15) is 6.92 Å². The third kappa shape index (κ3) is 3.62. The highest BCUT2D eigenvalue weighted by Gasteiger charge is 2.19. The zero-order valence-electron chi connectivity index (χ0n) is 11.3. The molecule has 4 heteroatoms. The molecule has 1 aliphatic rings. The average molecular weight is 249 g/mol. The van der Waals surface area contributed by atoms with Crippen molar-refractivity contribution < 1.29 is 4.74 Å². The summed E-state index contributed by atoms with van der Waals surface area (Å²) in [6, 6.07) is 8.24. The molecule has 2 N–H and O–H groups in total. The second-order valence-corrected chi connectivity index (χ2v) is 5.05. The number of benzene rings is 1. The number of nitrogen functional groups attached to an aromatic ring is 1. The van der Waals surface area contributed by atoms with Crippen molar-refractivity contribution in [1.29, 1.82) is 0 Å². The molecule has 1 fully saturated rings. The van der Waals surface area contributed by atoms with Gasteiger partial charge in [0.05, 0.1) is 0 Å². The zero-order valence-corrected chi connectivity index (χ0v) is 11.3. The van der Waals surface area contributed by atoms with E-state index >= 15 is 0 Å². The summed E-state index contributed by atoms with van der Waals surface area (Å²) >= 11 is 0. The average Bonchev–Trinajstić information content (AvgIpc) is 2.34. The molecule has 0 aliphatic carbocycles. The fourth-order valence-electron chi connectivity index (χ4n) is 2.22. The first-order valence-electron chi connectivity index (χ1n) is 6.56. The number of likely N-dealkylation sites (N-methyl/N-ethyl adjacent to an activating group) is 1. The highest BCUT2D eigenvalue weighted by molar-refractivity contribution is 5.43. The van der Waals surface area contributed by atoms with Crippen molar-refractivity contribution in [1.82, 2.24) is 9.80 Å². The Hall–Kier alpha value is -1.26. The molecule has 1 aliphatic heterocycles. The Labute approximate surface area is 109 Å². The van der Waals surface area contributed by atoms with E-state index in [1.807, 2.05) is 24.3 Å². The van der Waals surface area contributed by atoms with Crippen LogP contribution in [0, 0.1) is 0 Å². The van der Waals surface area contributed by atoms with Crippen molar-refractivity contribution >= 4 is 5.69 Å². The maximum absolute atomic E-state index is 5.72. The van der Waals surface area contributed by atoms with Gasteiger partial charge in [0, 0.05) is 44.0 Å². The van der Waals surface area contributed by atoms with Crippen molar-refractivity contribution in [2.75, 3.05) is 45.6 Å². The molecule has 0 amide bonds. The molecule has 0 radical (unpaired) electrons. The Morgan fingerprint density at radius 2 is 2.22 bits per heavy atom. The van der Waals surface area contributed by atoms with Crippen LogP contribution in [0.15, 0.2) is 24.3 Å².